The molecule has 1 heterocycles. The number of amides is 1. The summed E-state index contributed by atoms with van der Waals surface area (Å²) in [7, 11) is 0. The van der Waals surface area contributed by atoms with Crippen LogP contribution in [0.4, 0.5) is 5.69 Å². The summed E-state index contributed by atoms with van der Waals surface area (Å²) in [6.07, 6.45) is 0. The average molecular weight is 339 g/mol. The first kappa shape index (κ1) is 15.8. The first-order valence-electron chi connectivity index (χ1n) is 7.16. The van der Waals surface area contributed by atoms with E-state index in [0.717, 1.165) is 16.3 Å². The van der Waals surface area contributed by atoms with E-state index in [1.165, 1.54) is 35.6 Å². The van der Waals surface area contributed by atoms with Crippen LogP contribution in [0.5, 0.6) is 0 Å². The molecule has 1 aromatic heterocycles. The van der Waals surface area contributed by atoms with Crippen LogP contribution in [0.1, 0.15) is 15.4 Å². The van der Waals surface area contributed by atoms with Crippen LogP contribution in [0.2, 0.25) is 0 Å². The number of rotatable bonds is 5. The predicted octanol–water partition coefficient (Wildman–Crippen LogP) is 3.65. The van der Waals surface area contributed by atoms with Crippen molar-refractivity contribution >= 4 is 22.9 Å². The van der Waals surface area contributed by atoms with Crippen LogP contribution in [-0.4, -0.2) is 15.8 Å². The Labute approximate surface area is 141 Å². The minimum atomic E-state index is -0.498. The highest BCUT2D eigenvalue weighted by molar-refractivity contribution is 7.09. The number of nitro groups is 1. The van der Waals surface area contributed by atoms with Gasteiger partial charge in [-0.1, -0.05) is 30.3 Å². The smallest absolute Gasteiger partial charge is 0.269 e. The van der Waals surface area contributed by atoms with Gasteiger partial charge >= 0.3 is 0 Å². The minimum absolute atomic E-state index is 0.0426. The number of carbonyl (C=O) groups is 1. The van der Waals surface area contributed by atoms with Crippen LogP contribution in [-0.2, 0) is 6.54 Å². The van der Waals surface area contributed by atoms with Gasteiger partial charge in [0.05, 0.1) is 17.2 Å². The summed E-state index contributed by atoms with van der Waals surface area (Å²) in [6, 6.07) is 15.3. The van der Waals surface area contributed by atoms with Crippen LogP contribution < -0.4 is 5.32 Å². The Morgan fingerprint density at radius 3 is 2.50 bits per heavy atom. The Hall–Kier alpha value is -3.06. The molecule has 0 spiro atoms. The standard InChI is InChI=1S/C17H13N3O3S/c21-17(13-6-8-14(9-7-13)20(22)23)18-10-16-19-15(11-24-16)12-4-2-1-3-5-12/h1-9,11H,10H2,(H,18,21). The van der Waals surface area contributed by atoms with Crippen molar-refractivity contribution in [3.63, 3.8) is 0 Å². The van der Waals surface area contributed by atoms with Crippen molar-refractivity contribution in [3.05, 3.63) is 80.7 Å². The molecule has 0 aliphatic rings. The second kappa shape index (κ2) is 7.01. The van der Waals surface area contributed by atoms with E-state index >= 15 is 0 Å². The summed E-state index contributed by atoms with van der Waals surface area (Å²) >= 11 is 1.47. The molecule has 3 rings (SSSR count). The van der Waals surface area contributed by atoms with Crippen LogP contribution in [0, 0.1) is 10.1 Å². The molecule has 0 unspecified atom stereocenters. The number of nitro benzene ring substituents is 1. The summed E-state index contributed by atoms with van der Waals surface area (Å²) in [4.78, 5) is 26.7. The van der Waals surface area contributed by atoms with Gasteiger partial charge in [0.1, 0.15) is 5.01 Å². The molecule has 1 amide bonds. The molecule has 0 saturated heterocycles. The maximum absolute atomic E-state index is 12.1. The maximum atomic E-state index is 12.1. The lowest BCUT2D eigenvalue weighted by Crippen LogP contribution is -2.22. The molecule has 120 valence electrons. The van der Waals surface area contributed by atoms with E-state index in [1.807, 2.05) is 35.7 Å². The van der Waals surface area contributed by atoms with Crippen molar-refractivity contribution in [1.29, 1.82) is 0 Å². The van der Waals surface area contributed by atoms with E-state index in [4.69, 9.17) is 0 Å². The quantitative estimate of drug-likeness (QED) is 0.568. The number of aromatic nitrogens is 1. The second-order valence-electron chi connectivity index (χ2n) is 4.98. The molecule has 24 heavy (non-hydrogen) atoms. The molecule has 2 aromatic carbocycles. The topological polar surface area (TPSA) is 85.1 Å². The number of carbonyl (C=O) groups excluding carboxylic acids is 1. The summed E-state index contributed by atoms with van der Waals surface area (Å²) in [6.45, 7) is 0.313. The van der Waals surface area contributed by atoms with Gasteiger partial charge in [-0.25, -0.2) is 4.98 Å². The summed E-state index contributed by atoms with van der Waals surface area (Å²) in [5.41, 5.74) is 2.24. The van der Waals surface area contributed by atoms with Crippen LogP contribution in [0.15, 0.2) is 60.0 Å². The van der Waals surface area contributed by atoms with E-state index < -0.39 is 4.92 Å². The van der Waals surface area contributed by atoms with Crippen molar-refractivity contribution in [1.82, 2.24) is 10.3 Å². The van der Waals surface area contributed by atoms with Crippen LogP contribution >= 0.6 is 11.3 Å². The zero-order valence-electron chi connectivity index (χ0n) is 12.5. The number of benzene rings is 2. The van der Waals surface area contributed by atoms with Crippen molar-refractivity contribution in [2.24, 2.45) is 0 Å². The Morgan fingerprint density at radius 1 is 1.12 bits per heavy atom. The van der Waals surface area contributed by atoms with Gasteiger partial charge in [0, 0.05) is 28.6 Å². The van der Waals surface area contributed by atoms with E-state index in [2.05, 4.69) is 10.3 Å². The maximum Gasteiger partial charge on any atom is 0.269 e. The minimum Gasteiger partial charge on any atom is -0.346 e. The summed E-state index contributed by atoms with van der Waals surface area (Å²) in [5.74, 6) is -0.290. The van der Waals surface area contributed by atoms with Crippen molar-refractivity contribution in [3.8, 4) is 11.3 Å². The molecule has 0 saturated carbocycles. The third kappa shape index (κ3) is 3.64. The zero-order valence-corrected chi connectivity index (χ0v) is 13.3. The number of hydrogen-bond acceptors (Lipinski definition) is 5. The predicted molar refractivity (Wildman–Crippen MR) is 91.8 cm³/mol. The Kier molecular flexibility index (Phi) is 4.62. The van der Waals surface area contributed by atoms with Gasteiger partial charge in [-0.2, -0.15) is 0 Å². The van der Waals surface area contributed by atoms with Crippen LogP contribution in [0.25, 0.3) is 11.3 Å². The molecular weight excluding hydrogens is 326 g/mol. The van der Waals surface area contributed by atoms with Gasteiger partial charge in [0.15, 0.2) is 0 Å². The fourth-order valence-electron chi connectivity index (χ4n) is 2.13. The van der Waals surface area contributed by atoms with Crippen LogP contribution in [0.3, 0.4) is 0 Å². The lowest BCUT2D eigenvalue weighted by atomic mass is 10.2. The molecule has 3 aromatic rings. The molecule has 0 fully saturated rings. The summed E-state index contributed by atoms with van der Waals surface area (Å²) in [5, 5.41) is 16.1. The SMILES string of the molecule is O=C(NCc1nc(-c2ccccc2)cs1)c1ccc([N+](=O)[O-])cc1. The summed E-state index contributed by atoms with van der Waals surface area (Å²) < 4.78 is 0. The van der Waals surface area contributed by atoms with E-state index in [1.54, 1.807) is 0 Å². The van der Waals surface area contributed by atoms with Crippen molar-refractivity contribution in [2.75, 3.05) is 0 Å². The zero-order chi connectivity index (χ0) is 16.9. The lowest BCUT2D eigenvalue weighted by molar-refractivity contribution is -0.384. The first-order valence-corrected chi connectivity index (χ1v) is 8.04. The average Bonchev–Trinajstić information content (AvgIpc) is 3.09. The van der Waals surface area contributed by atoms with Gasteiger partial charge in [0.25, 0.3) is 11.6 Å². The van der Waals surface area contributed by atoms with Crippen molar-refractivity contribution in [2.45, 2.75) is 6.54 Å². The third-order valence-corrected chi connectivity index (χ3v) is 4.21. The fourth-order valence-corrected chi connectivity index (χ4v) is 2.87. The fraction of sp³-hybridized carbons (Fsp3) is 0.0588. The Bertz CT molecular complexity index is 860. The van der Waals surface area contributed by atoms with Gasteiger partial charge in [-0.05, 0) is 12.1 Å². The number of nitrogens with one attached hydrogen (secondary N) is 1. The second-order valence-corrected chi connectivity index (χ2v) is 5.92. The number of nitrogens with zero attached hydrogens (tertiary/aromatic N) is 2. The van der Waals surface area contributed by atoms with Gasteiger partial charge in [-0.3, -0.25) is 14.9 Å². The van der Waals surface area contributed by atoms with E-state index in [9.17, 15) is 14.9 Å². The number of hydrogen-bond donors (Lipinski definition) is 1. The lowest BCUT2D eigenvalue weighted by Gasteiger charge is -2.03. The van der Waals surface area contributed by atoms with Gasteiger partial charge in [-0.15, -0.1) is 11.3 Å². The van der Waals surface area contributed by atoms with Crippen molar-refractivity contribution < 1.29 is 9.72 Å². The van der Waals surface area contributed by atoms with Gasteiger partial charge < -0.3 is 5.32 Å². The highest BCUT2D eigenvalue weighted by Crippen LogP contribution is 2.21. The molecule has 0 aliphatic carbocycles. The largest absolute Gasteiger partial charge is 0.346 e. The van der Waals surface area contributed by atoms with E-state index in [-0.39, 0.29) is 11.6 Å². The number of non-ortho nitro benzene ring substituents is 1. The molecule has 0 aliphatic heterocycles. The Morgan fingerprint density at radius 2 is 1.83 bits per heavy atom. The third-order valence-electron chi connectivity index (χ3n) is 3.36. The number of thiazole rings is 1. The highest BCUT2D eigenvalue weighted by Gasteiger charge is 2.10. The molecule has 0 atom stereocenters. The molecule has 0 radical (unpaired) electrons. The molecule has 0 bridgehead atoms. The molecular formula is C17H13N3O3S. The monoisotopic (exact) mass is 339 g/mol. The first-order chi connectivity index (χ1) is 11.6. The highest BCUT2D eigenvalue weighted by atomic mass is 32.1. The normalized spacial score (nSPS) is 10.3. The Balaban J connectivity index is 1.62. The van der Waals surface area contributed by atoms with Gasteiger partial charge in [0.2, 0.25) is 0 Å². The molecule has 6 nitrogen and oxygen atoms in total. The molecule has 1 N–H and O–H groups in total. The van der Waals surface area contributed by atoms with E-state index in [0.29, 0.717) is 12.1 Å². The molecule has 7 heteroatoms.